The maximum atomic E-state index is 6.08. The van der Waals surface area contributed by atoms with Gasteiger partial charge < -0.3 is 5.73 Å². The first kappa shape index (κ1) is 16.3. The van der Waals surface area contributed by atoms with Crippen molar-refractivity contribution in [2.24, 2.45) is 5.73 Å². The molecule has 0 aromatic heterocycles. The monoisotopic (exact) mass is 272 g/mol. The van der Waals surface area contributed by atoms with E-state index in [4.69, 9.17) is 5.73 Å². The summed E-state index contributed by atoms with van der Waals surface area (Å²) in [5, 5.41) is 0.768. The lowest BCUT2D eigenvalue weighted by molar-refractivity contribution is 0.104. The smallest absolute Gasteiger partial charge is 0.0304 e. The van der Waals surface area contributed by atoms with Crippen LogP contribution in [0.5, 0.6) is 0 Å². The fourth-order valence-corrected chi connectivity index (χ4v) is 3.82. The summed E-state index contributed by atoms with van der Waals surface area (Å²) in [4.78, 5) is 2.65. The first-order valence-electron chi connectivity index (χ1n) is 7.69. The van der Waals surface area contributed by atoms with Gasteiger partial charge in [-0.25, -0.2) is 0 Å². The third-order valence-electron chi connectivity index (χ3n) is 4.26. The molecule has 1 fully saturated rings. The summed E-state index contributed by atoms with van der Waals surface area (Å²) < 4.78 is 0. The SMILES string of the molecule is CCCCCCCC(C)(CN)N1CCSC(C)C1. The van der Waals surface area contributed by atoms with Crippen molar-refractivity contribution in [2.75, 3.05) is 25.4 Å². The molecule has 1 aliphatic rings. The van der Waals surface area contributed by atoms with Crippen LogP contribution in [0.3, 0.4) is 0 Å². The Balaban J connectivity index is 2.35. The van der Waals surface area contributed by atoms with E-state index in [0.29, 0.717) is 0 Å². The molecule has 0 aliphatic carbocycles. The van der Waals surface area contributed by atoms with Gasteiger partial charge in [0, 0.05) is 36.2 Å². The minimum atomic E-state index is 0.238. The predicted octanol–water partition coefficient (Wildman–Crippen LogP) is 3.50. The molecule has 0 saturated carbocycles. The van der Waals surface area contributed by atoms with Gasteiger partial charge in [-0.3, -0.25) is 4.90 Å². The molecule has 1 saturated heterocycles. The van der Waals surface area contributed by atoms with Gasteiger partial charge in [-0.2, -0.15) is 11.8 Å². The van der Waals surface area contributed by atoms with E-state index >= 15 is 0 Å². The van der Waals surface area contributed by atoms with Crippen LogP contribution in [0.25, 0.3) is 0 Å². The van der Waals surface area contributed by atoms with E-state index < -0.39 is 0 Å². The Hall–Kier alpha value is 0.270. The van der Waals surface area contributed by atoms with Crippen molar-refractivity contribution in [2.45, 2.75) is 70.1 Å². The van der Waals surface area contributed by atoms with Gasteiger partial charge in [0.15, 0.2) is 0 Å². The number of nitrogens with zero attached hydrogens (tertiary/aromatic N) is 1. The molecule has 1 aliphatic heterocycles. The van der Waals surface area contributed by atoms with Gasteiger partial charge in [-0.1, -0.05) is 46.0 Å². The van der Waals surface area contributed by atoms with Crippen LogP contribution in [-0.2, 0) is 0 Å². The largest absolute Gasteiger partial charge is 0.329 e. The van der Waals surface area contributed by atoms with Crippen molar-refractivity contribution in [1.82, 2.24) is 4.90 Å². The van der Waals surface area contributed by atoms with Crippen LogP contribution in [0.2, 0.25) is 0 Å². The molecule has 0 aromatic rings. The molecular formula is C15H32N2S. The van der Waals surface area contributed by atoms with Gasteiger partial charge in [0.25, 0.3) is 0 Å². The Morgan fingerprint density at radius 2 is 2.00 bits per heavy atom. The number of thioether (sulfide) groups is 1. The minimum absolute atomic E-state index is 0.238. The summed E-state index contributed by atoms with van der Waals surface area (Å²) in [5.41, 5.74) is 6.31. The molecule has 0 bridgehead atoms. The van der Waals surface area contributed by atoms with Crippen molar-refractivity contribution in [3.8, 4) is 0 Å². The molecule has 2 atom stereocenters. The highest BCUT2D eigenvalue weighted by molar-refractivity contribution is 7.99. The lowest BCUT2D eigenvalue weighted by Gasteiger charge is -2.44. The molecule has 0 radical (unpaired) electrons. The Bertz CT molecular complexity index is 223. The Kier molecular flexibility index (Phi) is 7.66. The number of unbranched alkanes of at least 4 members (excludes halogenated alkanes) is 4. The zero-order valence-corrected chi connectivity index (χ0v) is 13.4. The standard InChI is InChI=1S/C15H32N2S/c1-4-5-6-7-8-9-15(3,13-16)17-10-11-18-14(2)12-17/h14H,4-13,16H2,1-3H3. The fraction of sp³-hybridized carbons (Fsp3) is 1.00. The Morgan fingerprint density at radius 3 is 2.61 bits per heavy atom. The quantitative estimate of drug-likeness (QED) is 0.686. The second-order valence-corrected chi connectivity index (χ2v) is 7.54. The van der Waals surface area contributed by atoms with Gasteiger partial charge in [0.1, 0.15) is 0 Å². The maximum absolute atomic E-state index is 6.08. The van der Waals surface area contributed by atoms with Crippen molar-refractivity contribution in [3.63, 3.8) is 0 Å². The number of nitrogens with two attached hydrogens (primary N) is 1. The highest BCUT2D eigenvalue weighted by Gasteiger charge is 2.32. The van der Waals surface area contributed by atoms with Crippen molar-refractivity contribution >= 4 is 11.8 Å². The van der Waals surface area contributed by atoms with Crippen LogP contribution in [-0.4, -0.2) is 41.1 Å². The van der Waals surface area contributed by atoms with Crippen LogP contribution in [0.4, 0.5) is 0 Å². The first-order valence-corrected chi connectivity index (χ1v) is 8.74. The topological polar surface area (TPSA) is 29.3 Å². The average molecular weight is 273 g/mol. The van der Waals surface area contributed by atoms with Gasteiger partial charge in [0.2, 0.25) is 0 Å². The van der Waals surface area contributed by atoms with Gasteiger partial charge in [-0.15, -0.1) is 0 Å². The lowest BCUT2D eigenvalue weighted by Crippen LogP contribution is -2.55. The van der Waals surface area contributed by atoms with E-state index in [1.54, 1.807) is 0 Å². The van der Waals surface area contributed by atoms with E-state index in [2.05, 4.69) is 37.4 Å². The van der Waals surface area contributed by atoms with Crippen molar-refractivity contribution in [1.29, 1.82) is 0 Å². The van der Waals surface area contributed by atoms with Crippen LogP contribution >= 0.6 is 11.8 Å². The summed E-state index contributed by atoms with van der Waals surface area (Å²) in [6.45, 7) is 10.2. The summed E-state index contributed by atoms with van der Waals surface area (Å²) in [7, 11) is 0. The van der Waals surface area contributed by atoms with Crippen molar-refractivity contribution < 1.29 is 0 Å². The van der Waals surface area contributed by atoms with Crippen LogP contribution in [0.15, 0.2) is 0 Å². The summed E-state index contributed by atoms with van der Waals surface area (Å²) >= 11 is 2.10. The van der Waals surface area contributed by atoms with E-state index in [1.807, 2.05) is 0 Å². The molecule has 2 unspecified atom stereocenters. The highest BCUT2D eigenvalue weighted by Crippen LogP contribution is 2.28. The summed E-state index contributed by atoms with van der Waals surface area (Å²) in [6, 6.07) is 0. The second kappa shape index (κ2) is 8.44. The first-order chi connectivity index (χ1) is 8.62. The van der Waals surface area contributed by atoms with E-state index in [-0.39, 0.29) is 5.54 Å². The molecule has 2 nitrogen and oxygen atoms in total. The van der Waals surface area contributed by atoms with Gasteiger partial charge >= 0.3 is 0 Å². The summed E-state index contributed by atoms with van der Waals surface area (Å²) in [5.74, 6) is 1.27. The van der Waals surface area contributed by atoms with Crippen LogP contribution in [0, 0.1) is 0 Å². The average Bonchev–Trinajstić information content (AvgIpc) is 2.38. The van der Waals surface area contributed by atoms with Crippen LogP contribution in [0.1, 0.15) is 59.3 Å². The molecule has 0 spiro atoms. The van der Waals surface area contributed by atoms with Crippen molar-refractivity contribution in [3.05, 3.63) is 0 Å². The van der Waals surface area contributed by atoms with Gasteiger partial charge in [0.05, 0.1) is 0 Å². The Labute approximate surface area is 118 Å². The number of hydrogen-bond acceptors (Lipinski definition) is 3. The molecule has 0 aromatic carbocycles. The molecule has 108 valence electrons. The molecule has 18 heavy (non-hydrogen) atoms. The molecule has 0 amide bonds. The second-order valence-electron chi connectivity index (χ2n) is 5.99. The number of hydrogen-bond donors (Lipinski definition) is 1. The minimum Gasteiger partial charge on any atom is -0.329 e. The molecule has 1 rings (SSSR count). The third kappa shape index (κ3) is 5.10. The van der Waals surface area contributed by atoms with Gasteiger partial charge in [-0.05, 0) is 13.3 Å². The molecule has 2 N–H and O–H groups in total. The van der Waals surface area contributed by atoms with E-state index in [1.165, 1.54) is 57.4 Å². The predicted molar refractivity (Wildman–Crippen MR) is 84.3 cm³/mol. The zero-order chi connectivity index (χ0) is 13.4. The zero-order valence-electron chi connectivity index (χ0n) is 12.6. The number of rotatable bonds is 8. The lowest BCUT2D eigenvalue weighted by atomic mass is 9.91. The fourth-order valence-electron chi connectivity index (χ4n) is 2.81. The maximum Gasteiger partial charge on any atom is 0.0304 e. The Morgan fingerprint density at radius 1 is 1.28 bits per heavy atom. The summed E-state index contributed by atoms with van der Waals surface area (Å²) in [6.07, 6.45) is 8.09. The molecular weight excluding hydrogens is 240 g/mol. The van der Waals surface area contributed by atoms with E-state index in [9.17, 15) is 0 Å². The van der Waals surface area contributed by atoms with Crippen LogP contribution < -0.4 is 5.73 Å². The highest BCUT2D eigenvalue weighted by atomic mass is 32.2. The normalized spacial score (nSPS) is 25.0. The molecule has 3 heteroatoms. The third-order valence-corrected chi connectivity index (χ3v) is 5.40. The molecule has 1 heterocycles. The van der Waals surface area contributed by atoms with E-state index in [0.717, 1.165) is 11.8 Å².